The van der Waals surface area contributed by atoms with Crippen molar-refractivity contribution in [3.8, 4) is 22.8 Å². The number of ether oxygens (including phenoxy) is 1. The number of rotatable bonds is 3. The van der Waals surface area contributed by atoms with E-state index >= 15 is 0 Å². The third-order valence-electron chi connectivity index (χ3n) is 2.82. The van der Waals surface area contributed by atoms with Crippen LogP contribution in [0.25, 0.3) is 16.9 Å². The first-order chi connectivity index (χ1) is 9.28. The van der Waals surface area contributed by atoms with Crippen LogP contribution >= 0.6 is 0 Å². The first kappa shape index (κ1) is 11.5. The zero-order valence-corrected chi connectivity index (χ0v) is 10.7. The predicted molar refractivity (Wildman–Crippen MR) is 70.1 cm³/mol. The van der Waals surface area contributed by atoms with E-state index in [4.69, 9.17) is 4.74 Å². The fourth-order valence-electron chi connectivity index (χ4n) is 1.90. The Labute approximate surface area is 110 Å². The summed E-state index contributed by atoms with van der Waals surface area (Å²) in [4.78, 5) is 4.19. The van der Waals surface area contributed by atoms with Crippen molar-refractivity contribution in [3.05, 3.63) is 43.0 Å². The summed E-state index contributed by atoms with van der Waals surface area (Å²) in [6.07, 6.45) is 7.24. The number of hydrogen-bond acceptors (Lipinski definition) is 4. The van der Waals surface area contributed by atoms with Gasteiger partial charge in [-0.15, -0.1) is 0 Å². The van der Waals surface area contributed by atoms with E-state index in [1.165, 1.54) is 0 Å². The molecule has 0 N–H and O–H groups in total. The molecule has 3 aromatic heterocycles. The molecule has 3 heterocycles. The molecule has 0 atom stereocenters. The molecule has 0 fully saturated rings. The second kappa shape index (κ2) is 4.56. The molecule has 0 aliphatic carbocycles. The van der Waals surface area contributed by atoms with Crippen molar-refractivity contribution >= 4 is 0 Å². The molecule has 96 valence electrons. The molecular formula is C13H13N5O. The Morgan fingerprint density at radius 3 is 2.63 bits per heavy atom. The standard InChI is InChI=1S/C13H13N5O/c1-17-9-10(7-16-17)12-5-6-15-18(12)11-3-4-13(19-2)14-8-11/h3-9H,1-2H3. The van der Waals surface area contributed by atoms with E-state index in [1.807, 2.05) is 42.3 Å². The van der Waals surface area contributed by atoms with Crippen molar-refractivity contribution in [2.75, 3.05) is 7.11 Å². The van der Waals surface area contributed by atoms with Crippen LogP contribution in [0.2, 0.25) is 0 Å². The maximum atomic E-state index is 5.05. The number of methoxy groups -OCH3 is 1. The van der Waals surface area contributed by atoms with Gasteiger partial charge in [-0.25, -0.2) is 9.67 Å². The number of aryl methyl sites for hydroxylation is 1. The zero-order valence-electron chi connectivity index (χ0n) is 10.7. The van der Waals surface area contributed by atoms with Gasteiger partial charge >= 0.3 is 0 Å². The van der Waals surface area contributed by atoms with Crippen molar-refractivity contribution in [3.63, 3.8) is 0 Å². The number of hydrogen-bond donors (Lipinski definition) is 0. The Morgan fingerprint density at radius 1 is 1.11 bits per heavy atom. The molecular weight excluding hydrogens is 242 g/mol. The first-order valence-corrected chi connectivity index (χ1v) is 5.81. The summed E-state index contributed by atoms with van der Waals surface area (Å²) < 4.78 is 8.64. The molecule has 0 aromatic carbocycles. The highest BCUT2D eigenvalue weighted by Gasteiger charge is 2.09. The second-order valence-corrected chi connectivity index (χ2v) is 4.09. The Kier molecular flexibility index (Phi) is 2.75. The van der Waals surface area contributed by atoms with Crippen LogP contribution in [-0.4, -0.2) is 31.7 Å². The summed E-state index contributed by atoms with van der Waals surface area (Å²) in [5, 5.41) is 8.50. The number of pyridine rings is 1. The zero-order chi connectivity index (χ0) is 13.2. The minimum absolute atomic E-state index is 0.582. The minimum atomic E-state index is 0.582. The van der Waals surface area contributed by atoms with Crippen molar-refractivity contribution in [1.29, 1.82) is 0 Å². The fourth-order valence-corrected chi connectivity index (χ4v) is 1.90. The second-order valence-electron chi connectivity index (χ2n) is 4.09. The van der Waals surface area contributed by atoms with Crippen LogP contribution in [0.4, 0.5) is 0 Å². The average molecular weight is 255 g/mol. The normalized spacial score (nSPS) is 10.6. The quantitative estimate of drug-likeness (QED) is 0.714. The van der Waals surface area contributed by atoms with Gasteiger partial charge in [-0.1, -0.05) is 0 Å². The smallest absolute Gasteiger partial charge is 0.213 e. The van der Waals surface area contributed by atoms with Gasteiger partial charge in [0.2, 0.25) is 5.88 Å². The summed E-state index contributed by atoms with van der Waals surface area (Å²) in [5.74, 6) is 0.582. The summed E-state index contributed by atoms with van der Waals surface area (Å²) in [6, 6.07) is 5.67. The van der Waals surface area contributed by atoms with Crippen LogP contribution in [0.3, 0.4) is 0 Å². The van der Waals surface area contributed by atoms with Gasteiger partial charge in [-0.3, -0.25) is 4.68 Å². The van der Waals surface area contributed by atoms with Crippen LogP contribution in [0, 0.1) is 0 Å². The fraction of sp³-hybridized carbons (Fsp3) is 0.154. The van der Waals surface area contributed by atoms with Crippen LogP contribution < -0.4 is 4.74 Å². The minimum Gasteiger partial charge on any atom is -0.481 e. The predicted octanol–water partition coefficient (Wildman–Crippen LogP) is 1.68. The molecule has 0 unspecified atom stereocenters. The van der Waals surface area contributed by atoms with Crippen LogP contribution in [0.5, 0.6) is 5.88 Å². The van der Waals surface area contributed by atoms with Crippen LogP contribution in [0.1, 0.15) is 0 Å². The molecule has 0 spiro atoms. The number of aromatic nitrogens is 5. The Morgan fingerprint density at radius 2 is 2.00 bits per heavy atom. The lowest BCUT2D eigenvalue weighted by Crippen LogP contribution is -1.99. The highest BCUT2D eigenvalue weighted by atomic mass is 16.5. The van der Waals surface area contributed by atoms with Crippen molar-refractivity contribution < 1.29 is 4.74 Å². The molecule has 6 heteroatoms. The van der Waals surface area contributed by atoms with Gasteiger partial charge < -0.3 is 4.74 Å². The van der Waals surface area contributed by atoms with E-state index in [0.717, 1.165) is 16.9 Å². The van der Waals surface area contributed by atoms with Gasteiger partial charge in [0, 0.05) is 24.9 Å². The third-order valence-corrected chi connectivity index (χ3v) is 2.82. The van der Waals surface area contributed by atoms with Gasteiger partial charge in [0.1, 0.15) is 0 Å². The topological polar surface area (TPSA) is 57.8 Å². The number of nitrogens with zero attached hydrogens (tertiary/aromatic N) is 5. The molecule has 3 aromatic rings. The highest BCUT2D eigenvalue weighted by Crippen LogP contribution is 2.21. The molecule has 0 saturated carbocycles. The summed E-state index contributed by atoms with van der Waals surface area (Å²) in [5.41, 5.74) is 2.86. The maximum Gasteiger partial charge on any atom is 0.213 e. The lowest BCUT2D eigenvalue weighted by molar-refractivity contribution is 0.397. The van der Waals surface area contributed by atoms with Crippen LogP contribution in [0.15, 0.2) is 43.0 Å². The largest absolute Gasteiger partial charge is 0.481 e. The van der Waals surface area contributed by atoms with Gasteiger partial charge in [0.15, 0.2) is 0 Å². The summed E-state index contributed by atoms with van der Waals surface area (Å²) >= 11 is 0. The first-order valence-electron chi connectivity index (χ1n) is 5.81. The molecule has 0 saturated heterocycles. The molecule has 0 bridgehead atoms. The van der Waals surface area contributed by atoms with E-state index in [2.05, 4.69) is 15.2 Å². The Hall–Kier alpha value is -2.63. The van der Waals surface area contributed by atoms with Crippen molar-refractivity contribution in [2.24, 2.45) is 7.05 Å². The van der Waals surface area contributed by atoms with Crippen LogP contribution in [-0.2, 0) is 7.05 Å². The molecule has 19 heavy (non-hydrogen) atoms. The summed E-state index contributed by atoms with van der Waals surface area (Å²) in [7, 11) is 3.48. The SMILES string of the molecule is COc1ccc(-n2nccc2-c2cnn(C)c2)cn1. The maximum absolute atomic E-state index is 5.05. The van der Waals surface area contributed by atoms with E-state index in [9.17, 15) is 0 Å². The lowest BCUT2D eigenvalue weighted by atomic mass is 10.2. The molecule has 0 amide bonds. The van der Waals surface area contributed by atoms with Gasteiger partial charge in [-0.2, -0.15) is 10.2 Å². The molecule has 0 aliphatic rings. The van der Waals surface area contributed by atoms with E-state index < -0.39 is 0 Å². The van der Waals surface area contributed by atoms with Crippen molar-refractivity contribution in [2.45, 2.75) is 0 Å². The molecule has 0 aliphatic heterocycles. The highest BCUT2D eigenvalue weighted by molar-refractivity contribution is 5.59. The lowest BCUT2D eigenvalue weighted by Gasteiger charge is -2.06. The van der Waals surface area contributed by atoms with Gasteiger partial charge in [0.05, 0.1) is 37.1 Å². The average Bonchev–Trinajstić information content (AvgIpc) is 3.07. The van der Waals surface area contributed by atoms with E-state index in [-0.39, 0.29) is 0 Å². The summed E-state index contributed by atoms with van der Waals surface area (Å²) in [6.45, 7) is 0. The monoisotopic (exact) mass is 255 g/mol. The van der Waals surface area contributed by atoms with Gasteiger partial charge in [-0.05, 0) is 12.1 Å². The molecule has 6 nitrogen and oxygen atoms in total. The third kappa shape index (κ3) is 2.08. The van der Waals surface area contributed by atoms with E-state index in [1.54, 1.807) is 24.2 Å². The Balaban J connectivity index is 2.03. The van der Waals surface area contributed by atoms with E-state index in [0.29, 0.717) is 5.88 Å². The molecule has 3 rings (SSSR count). The molecule has 0 radical (unpaired) electrons. The van der Waals surface area contributed by atoms with Gasteiger partial charge in [0.25, 0.3) is 0 Å². The Bertz CT molecular complexity index is 683. The van der Waals surface area contributed by atoms with Crippen molar-refractivity contribution in [1.82, 2.24) is 24.5 Å².